The largest absolute Gasteiger partial charge is 0.454 e. The van der Waals surface area contributed by atoms with E-state index in [1.807, 2.05) is 0 Å². The summed E-state index contributed by atoms with van der Waals surface area (Å²) in [6.45, 7) is 0. The molecule has 2 rings (SSSR count). The summed E-state index contributed by atoms with van der Waals surface area (Å²) in [7, 11) is 0. The molecule has 0 radical (unpaired) electrons. The first-order chi connectivity index (χ1) is 5.61. The van der Waals surface area contributed by atoms with Gasteiger partial charge in [0.1, 0.15) is 12.2 Å². The second-order valence-electron chi connectivity index (χ2n) is 2.83. The molecule has 6 heteroatoms. The van der Waals surface area contributed by atoms with E-state index in [0.29, 0.717) is 0 Å². The summed E-state index contributed by atoms with van der Waals surface area (Å²) >= 11 is 0. The maximum absolute atomic E-state index is 10.7. The van der Waals surface area contributed by atoms with E-state index >= 15 is 0 Å². The van der Waals surface area contributed by atoms with Crippen LogP contribution in [0.4, 0.5) is 0 Å². The second-order valence-corrected chi connectivity index (χ2v) is 2.83. The Kier molecular flexibility index (Phi) is 1.58. The van der Waals surface area contributed by atoms with Crippen molar-refractivity contribution < 1.29 is 29.6 Å². The van der Waals surface area contributed by atoms with Gasteiger partial charge in [0.15, 0.2) is 18.5 Å². The van der Waals surface area contributed by atoms with E-state index in [0.717, 1.165) is 0 Å². The number of aliphatic hydroxyl groups is 3. The summed E-state index contributed by atoms with van der Waals surface area (Å²) in [6.07, 6.45) is -5.94. The Hall–Kier alpha value is -0.690. The minimum atomic E-state index is -1.40. The first kappa shape index (κ1) is 7.93. The zero-order valence-electron chi connectivity index (χ0n) is 5.95. The smallest absolute Gasteiger partial charge is 0.338 e. The molecule has 5 atom stereocenters. The van der Waals surface area contributed by atoms with Crippen molar-refractivity contribution in [1.82, 2.24) is 0 Å². The molecule has 2 aliphatic rings. The molecule has 0 aromatic carbocycles. The Balaban J connectivity index is 2.19. The van der Waals surface area contributed by atoms with Crippen LogP contribution in [-0.2, 0) is 14.3 Å². The van der Waals surface area contributed by atoms with Crippen molar-refractivity contribution in [3.05, 3.63) is 0 Å². The quantitative estimate of drug-likeness (QED) is 0.349. The number of carbonyl (C=O) groups is 1. The summed E-state index contributed by atoms with van der Waals surface area (Å²) in [6, 6.07) is 0. The van der Waals surface area contributed by atoms with Gasteiger partial charge in [0.05, 0.1) is 0 Å². The maximum atomic E-state index is 10.7. The monoisotopic (exact) mass is 176 g/mol. The van der Waals surface area contributed by atoms with E-state index in [1.54, 1.807) is 0 Å². The van der Waals surface area contributed by atoms with Gasteiger partial charge in [0, 0.05) is 0 Å². The van der Waals surface area contributed by atoms with Crippen molar-refractivity contribution in [2.75, 3.05) is 0 Å². The lowest BCUT2D eigenvalue weighted by atomic mass is 10.1. The lowest BCUT2D eigenvalue weighted by Crippen LogP contribution is -2.32. The molecule has 0 aromatic rings. The van der Waals surface area contributed by atoms with Gasteiger partial charge in [0.2, 0.25) is 0 Å². The molecule has 1 unspecified atom stereocenters. The van der Waals surface area contributed by atoms with Crippen LogP contribution in [0.25, 0.3) is 0 Å². The fraction of sp³-hybridized carbons (Fsp3) is 0.833. The van der Waals surface area contributed by atoms with Gasteiger partial charge < -0.3 is 24.8 Å². The van der Waals surface area contributed by atoms with Crippen LogP contribution in [0.3, 0.4) is 0 Å². The normalized spacial score (nSPS) is 52.2. The SMILES string of the molecule is O=C1O[C@H]2[C@H](OC(O)[C@@H]2O)[C@H]1O. The molecular weight excluding hydrogens is 168 g/mol. The van der Waals surface area contributed by atoms with Gasteiger partial charge in [-0.3, -0.25) is 0 Å². The molecule has 3 N–H and O–H groups in total. The highest BCUT2D eigenvalue weighted by Gasteiger charge is 2.56. The first-order valence-corrected chi connectivity index (χ1v) is 3.51. The van der Waals surface area contributed by atoms with E-state index in [9.17, 15) is 4.79 Å². The molecule has 6 nitrogen and oxygen atoms in total. The van der Waals surface area contributed by atoms with Crippen molar-refractivity contribution in [1.29, 1.82) is 0 Å². The molecule has 0 aromatic heterocycles. The molecular formula is C6H8O6. The molecule has 0 aliphatic carbocycles. The van der Waals surface area contributed by atoms with Crippen LogP contribution in [-0.4, -0.2) is 52.0 Å². The third-order valence-corrected chi connectivity index (χ3v) is 2.05. The van der Waals surface area contributed by atoms with Crippen molar-refractivity contribution in [2.45, 2.75) is 30.7 Å². The summed E-state index contributed by atoms with van der Waals surface area (Å²) in [5.41, 5.74) is 0. The molecule has 0 spiro atoms. The zero-order valence-corrected chi connectivity index (χ0v) is 5.95. The first-order valence-electron chi connectivity index (χ1n) is 3.51. The molecule has 0 amide bonds. The lowest BCUT2D eigenvalue weighted by molar-refractivity contribution is -0.168. The number of hydrogen-bond donors (Lipinski definition) is 3. The van der Waals surface area contributed by atoms with Gasteiger partial charge in [-0.15, -0.1) is 0 Å². The van der Waals surface area contributed by atoms with Crippen LogP contribution in [0.15, 0.2) is 0 Å². The van der Waals surface area contributed by atoms with Crippen LogP contribution >= 0.6 is 0 Å². The summed E-state index contributed by atoms with van der Waals surface area (Å²) < 4.78 is 9.25. The van der Waals surface area contributed by atoms with Gasteiger partial charge >= 0.3 is 5.97 Å². The number of carbonyl (C=O) groups excluding carboxylic acids is 1. The van der Waals surface area contributed by atoms with Crippen molar-refractivity contribution in [3.63, 3.8) is 0 Å². The summed E-state index contributed by atoms with van der Waals surface area (Å²) in [5.74, 6) is -0.823. The van der Waals surface area contributed by atoms with E-state index in [-0.39, 0.29) is 0 Å². The van der Waals surface area contributed by atoms with Crippen molar-refractivity contribution in [3.8, 4) is 0 Å². The van der Waals surface area contributed by atoms with Gasteiger partial charge in [-0.25, -0.2) is 4.79 Å². The number of aliphatic hydroxyl groups excluding tert-OH is 3. The molecule has 2 fully saturated rings. The van der Waals surface area contributed by atoms with E-state index in [4.69, 9.17) is 15.3 Å². The second kappa shape index (κ2) is 2.40. The molecule has 12 heavy (non-hydrogen) atoms. The minimum Gasteiger partial charge on any atom is -0.454 e. The van der Waals surface area contributed by atoms with Crippen LogP contribution in [0, 0.1) is 0 Å². The van der Waals surface area contributed by atoms with E-state index in [1.165, 1.54) is 0 Å². The Bertz CT molecular complexity index is 216. The highest BCUT2D eigenvalue weighted by Crippen LogP contribution is 2.30. The highest BCUT2D eigenvalue weighted by atomic mass is 16.7. The summed E-state index contributed by atoms with van der Waals surface area (Å²) in [4.78, 5) is 10.7. The highest BCUT2D eigenvalue weighted by molar-refractivity contribution is 5.78. The third-order valence-electron chi connectivity index (χ3n) is 2.05. The number of ether oxygens (including phenoxy) is 2. The predicted molar refractivity (Wildman–Crippen MR) is 32.8 cm³/mol. The van der Waals surface area contributed by atoms with Crippen LogP contribution < -0.4 is 0 Å². The number of esters is 1. The molecule has 0 bridgehead atoms. The fourth-order valence-electron chi connectivity index (χ4n) is 1.40. The number of rotatable bonds is 0. The van der Waals surface area contributed by atoms with E-state index in [2.05, 4.69) is 9.47 Å². The Labute approximate surface area is 67.3 Å². The molecule has 0 saturated carbocycles. The molecule has 68 valence electrons. The average molecular weight is 176 g/mol. The fourth-order valence-corrected chi connectivity index (χ4v) is 1.40. The zero-order chi connectivity index (χ0) is 8.88. The Morgan fingerprint density at radius 2 is 1.83 bits per heavy atom. The van der Waals surface area contributed by atoms with Gasteiger partial charge in [-0.2, -0.15) is 0 Å². The lowest BCUT2D eigenvalue weighted by Gasteiger charge is -2.10. The Morgan fingerprint density at radius 3 is 2.42 bits per heavy atom. The average Bonchev–Trinajstić information content (AvgIpc) is 2.43. The van der Waals surface area contributed by atoms with Gasteiger partial charge in [-0.1, -0.05) is 0 Å². The maximum Gasteiger partial charge on any atom is 0.338 e. The van der Waals surface area contributed by atoms with Crippen LogP contribution in [0.1, 0.15) is 0 Å². The van der Waals surface area contributed by atoms with Crippen LogP contribution in [0.2, 0.25) is 0 Å². The topological polar surface area (TPSA) is 96.2 Å². The molecule has 2 heterocycles. The van der Waals surface area contributed by atoms with E-state index < -0.39 is 36.7 Å². The standard InChI is InChI=1S/C6H8O6/c7-1-3-4(12-5(1)9)2(8)6(10)11-3/h1-5,7-9H/t1-,2-,3-,4-,5?/m1/s1. The Morgan fingerprint density at radius 1 is 1.17 bits per heavy atom. The van der Waals surface area contributed by atoms with Gasteiger partial charge in [-0.05, 0) is 0 Å². The van der Waals surface area contributed by atoms with Gasteiger partial charge in [0.25, 0.3) is 0 Å². The van der Waals surface area contributed by atoms with Crippen molar-refractivity contribution >= 4 is 5.97 Å². The molecule has 2 saturated heterocycles. The number of hydrogen-bond acceptors (Lipinski definition) is 6. The minimum absolute atomic E-state index is 0.823. The molecule has 2 aliphatic heterocycles. The number of fused-ring (bicyclic) bond motifs is 1. The predicted octanol–water partition coefficient (Wildman–Crippen LogP) is -2.65. The third kappa shape index (κ3) is 0.862. The van der Waals surface area contributed by atoms with Crippen LogP contribution in [0.5, 0.6) is 0 Å². The van der Waals surface area contributed by atoms with Crippen molar-refractivity contribution in [2.24, 2.45) is 0 Å². The summed E-state index contributed by atoms with van der Waals surface area (Å²) in [5, 5.41) is 27.2.